The SMILES string of the molecule is CCC(CC)CNC(=O)N1CCC(C(O)c2ccc(F)cc2)CC1. The maximum Gasteiger partial charge on any atom is 0.317 e. The molecule has 0 aliphatic carbocycles. The molecule has 134 valence electrons. The summed E-state index contributed by atoms with van der Waals surface area (Å²) in [5, 5.41) is 13.5. The van der Waals surface area contributed by atoms with Gasteiger partial charge in [-0.1, -0.05) is 38.8 Å². The van der Waals surface area contributed by atoms with E-state index in [0.29, 0.717) is 19.0 Å². The predicted molar refractivity (Wildman–Crippen MR) is 93.1 cm³/mol. The fraction of sp³-hybridized carbons (Fsp3) is 0.632. The lowest BCUT2D eigenvalue weighted by Crippen LogP contribution is -2.46. The number of aliphatic hydroxyl groups excluding tert-OH is 1. The first-order valence-corrected chi connectivity index (χ1v) is 9.01. The fourth-order valence-corrected chi connectivity index (χ4v) is 3.27. The number of aliphatic hydroxyl groups is 1. The molecule has 4 nitrogen and oxygen atoms in total. The first-order chi connectivity index (χ1) is 11.5. The number of rotatable bonds is 6. The summed E-state index contributed by atoms with van der Waals surface area (Å²) in [4.78, 5) is 14.1. The van der Waals surface area contributed by atoms with Crippen LogP contribution >= 0.6 is 0 Å². The lowest BCUT2D eigenvalue weighted by molar-refractivity contribution is 0.0663. The van der Waals surface area contributed by atoms with Gasteiger partial charge in [-0.15, -0.1) is 0 Å². The Labute approximate surface area is 144 Å². The molecule has 2 N–H and O–H groups in total. The minimum absolute atomic E-state index is 0.00313. The quantitative estimate of drug-likeness (QED) is 0.832. The van der Waals surface area contributed by atoms with Crippen molar-refractivity contribution in [1.29, 1.82) is 0 Å². The summed E-state index contributed by atoms with van der Waals surface area (Å²) in [7, 11) is 0. The molecule has 0 radical (unpaired) electrons. The third kappa shape index (κ3) is 4.94. The van der Waals surface area contributed by atoms with Crippen LogP contribution in [-0.2, 0) is 0 Å². The van der Waals surface area contributed by atoms with E-state index >= 15 is 0 Å². The summed E-state index contributed by atoms with van der Waals surface area (Å²) in [6, 6.07) is 6.01. The molecule has 5 heteroatoms. The zero-order valence-corrected chi connectivity index (χ0v) is 14.7. The molecule has 1 aliphatic rings. The van der Waals surface area contributed by atoms with Gasteiger partial charge < -0.3 is 15.3 Å². The van der Waals surface area contributed by atoms with Crippen molar-refractivity contribution >= 4 is 6.03 Å². The van der Waals surface area contributed by atoms with Crippen molar-refractivity contribution in [2.75, 3.05) is 19.6 Å². The average Bonchev–Trinajstić information content (AvgIpc) is 2.62. The molecule has 0 bridgehead atoms. The molecule has 1 unspecified atom stereocenters. The second-order valence-corrected chi connectivity index (χ2v) is 6.69. The van der Waals surface area contributed by atoms with E-state index in [1.165, 1.54) is 12.1 Å². The van der Waals surface area contributed by atoms with Crippen LogP contribution in [0.4, 0.5) is 9.18 Å². The van der Waals surface area contributed by atoms with E-state index in [0.717, 1.165) is 37.8 Å². The van der Waals surface area contributed by atoms with E-state index in [9.17, 15) is 14.3 Å². The molecule has 1 saturated heterocycles. The Morgan fingerprint density at radius 1 is 1.25 bits per heavy atom. The van der Waals surface area contributed by atoms with Crippen LogP contribution in [0.3, 0.4) is 0 Å². The summed E-state index contributed by atoms with van der Waals surface area (Å²) < 4.78 is 13.0. The predicted octanol–water partition coefficient (Wildman–Crippen LogP) is 3.72. The number of carbonyl (C=O) groups is 1. The molecule has 1 aliphatic heterocycles. The second-order valence-electron chi connectivity index (χ2n) is 6.69. The van der Waals surface area contributed by atoms with E-state index in [4.69, 9.17) is 0 Å². The summed E-state index contributed by atoms with van der Waals surface area (Å²) in [5.74, 6) is 0.347. The van der Waals surface area contributed by atoms with Gasteiger partial charge in [0.05, 0.1) is 6.10 Å². The number of nitrogens with zero attached hydrogens (tertiary/aromatic N) is 1. The van der Waals surface area contributed by atoms with Crippen molar-refractivity contribution in [1.82, 2.24) is 10.2 Å². The number of carbonyl (C=O) groups excluding carboxylic acids is 1. The molecule has 1 aromatic carbocycles. The Bertz CT molecular complexity index is 509. The molecule has 1 fully saturated rings. The maximum absolute atomic E-state index is 13.0. The monoisotopic (exact) mass is 336 g/mol. The third-order valence-electron chi connectivity index (χ3n) is 5.18. The minimum Gasteiger partial charge on any atom is -0.388 e. The van der Waals surface area contributed by atoms with Gasteiger partial charge in [-0.2, -0.15) is 0 Å². The van der Waals surface area contributed by atoms with Gasteiger partial charge in [0.1, 0.15) is 5.82 Å². The molecule has 2 rings (SSSR count). The highest BCUT2D eigenvalue weighted by Gasteiger charge is 2.28. The minimum atomic E-state index is -0.597. The van der Waals surface area contributed by atoms with Crippen LogP contribution in [0, 0.1) is 17.7 Å². The number of benzene rings is 1. The topological polar surface area (TPSA) is 52.6 Å². The van der Waals surface area contributed by atoms with E-state index in [1.54, 1.807) is 12.1 Å². The van der Waals surface area contributed by atoms with Crippen LogP contribution in [-0.4, -0.2) is 35.7 Å². The van der Waals surface area contributed by atoms with Gasteiger partial charge in [0.15, 0.2) is 0 Å². The first kappa shape index (κ1) is 18.7. The number of hydrogen-bond acceptors (Lipinski definition) is 2. The van der Waals surface area contributed by atoms with Crippen LogP contribution in [0.25, 0.3) is 0 Å². The largest absolute Gasteiger partial charge is 0.388 e. The van der Waals surface area contributed by atoms with Gasteiger partial charge in [0.2, 0.25) is 0 Å². The number of urea groups is 1. The molecular formula is C19H29FN2O2. The van der Waals surface area contributed by atoms with Gasteiger partial charge in [0, 0.05) is 19.6 Å². The van der Waals surface area contributed by atoms with Gasteiger partial charge >= 0.3 is 6.03 Å². The van der Waals surface area contributed by atoms with E-state index in [-0.39, 0.29) is 17.8 Å². The van der Waals surface area contributed by atoms with E-state index < -0.39 is 6.10 Å². The molecule has 0 aromatic heterocycles. The molecule has 1 atom stereocenters. The summed E-state index contributed by atoms with van der Waals surface area (Å²) >= 11 is 0. The van der Waals surface area contributed by atoms with Crippen LogP contribution in [0.2, 0.25) is 0 Å². The molecule has 2 amide bonds. The van der Waals surface area contributed by atoms with E-state index in [1.807, 2.05) is 4.90 Å². The molecule has 0 saturated carbocycles. The zero-order valence-electron chi connectivity index (χ0n) is 14.7. The van der Waals surface area contributed by atoms with Crippen LogP contribution < -0.4 is 5.32 Å². The zero-order chi connectivity index (χ0) is 17.5. The Kier molecular flexibility index (Phi) is 7.03. The van der Waals surface area contributed by atoms with Gasteiger partial charge in [-0.3, -0.25) is 0 Å². The molecule has 0 spiro atoms. The van der Waals surface area contributed by atoms with Gasteiger partial charge in [0.25, 0.3) is 0 Å². The van der Waals surface area contributed by atoms with Crippen molar-refractivity contribution in [3.05, 3.63) is 35.6 Å². The summed E-state index contributed by atoms with van der Waals surface area (Å²) in [6.45, 7) is 6.31. The van der Waals surface area contributed by atoms with E-state index in [2.05, 4.69) is 19.2 Å². The maximum atomic E-state index is 13.0. The number of halogens is 1. The number of hydrogen-bond donors (Lipinski definition) is 2. The normalized spacial score (nSPS) is 17.1. The van der Waals surface area contributed by atoms with Crippen LogP contribution in [0.5, 0.6) is 0 Å². The lowest BCUT2D eigenvalue weighted by Gasteiger charge is -2.34. The molecular weight excluding hydrogens is 307 g/mol. The first-order valence-electron chi connectivity index (χ1n) is 9.01. The van der Waals surface area contributed by atoms with Crippen molar-refractivity contribution in [2.24, 2.45) is 11.8 Å². The van der Waals surface area contributed by atoms with Crippen LogP contribution in [0.15, 0.2) is 24.3 Å². The highest BCUT2D eigenvalue weighted by molar-refractivity contribution is 5.74. The van der Waals surface area contributed by atoms with Crippen molar-refractivity contribution < 1.29 is 14.3 Å². The highest BCUT2D eigenvalue weighted by Crippen LogP contribution is 2.30. The molecule has 1 heterocycles. The van der Waals surface area contributed by atoms with Gasteiger partial charge in [-0.25, -0.2) is 9.18 Å². The molecule has 24 heavy (non-hydrogen) atoms. The Hall–Kier alpha value is -1.62. The fourth-order valence-electron chi connectivity index (χ4n) is 3.27. The Morgan fingerprint density at radius 2 is 1.83 bits per heavy atom. The van der Waals surface area contributed by atoms with Gasteiger partial charge in [-0.05, 0) is 42.4 Å². The average molecular weight is 336 g/mol. The van der Waals surface area contributed by atoms with Crippen molar-refractivity contribution in [2.45, 2.75) is 45.6 Å². The summed E-state index contributed by atoms with van der Waals surface area (Å²) in [6.07, 6.45) is 3.07. The Morgan fingerprint density at radius 3 is 2.38 bits per heavy atom. The number of piperidine rings is 1. The number of likely N-dealkylation sites (tertiary alicyclic amines) is 1. The number of amides is 2. The van der Waals surface area contributed by atoms with Crippen LogP contribution in [0.1, 0.15) is 51.2 Å². The summed E-state index contributed by atoms with van der Waals surface area (Å²) in [5.41, 5.74) is 0.744. The Balaban J connectivity index is 1.80. The number of nitrogens with one attached hydrogen (secondary N) is 1. The standard InChI is InChI=1S/C19H29FN2O2/c1-3-14(4-2)13-21-19(24)22-11-9-16(10-12-22)18(23)15-5-7-17(20)8-6-15/h5-8,14,16,18,23H,3-4,9-13H2,1-2H3,(H,21,24). The molecule has 1 aromatic rings. The third-order valence-corrected chi connectivity index (χ3v) is 5.18. The highest BCUT2D eigenvalue weighted by atomic mass is 19.1. The lowest BCUT2D eigenvalue weighted by atomic mass is 9.87. The smallest absolute Gasteiger partial charge is 0.317 e. The second kappa shape index (κ2) is 9.02. The van der Waals surface area contributed by atoms with Crippen molar-refractivity contribution in [3.63, 3.8) is 0 Å². The van der Waals surface area contributed by atoms with Crippen molar-refractivity contribution in [3.8, 4) is 0 Å².